The molecule has 0 bridgehead atoms. The highest BCUT2D eigenvalue weighted by Gasteiger charge is 2.08. The zero-order valence-electron chi connectivity index (χ0n) is 10.8. The SMILES string of the molecule is ClCC(NCCOc1ccccc1)c1ccccc1. The summed E-state index contributed by atoms with van der Waals surface area (Å²) in [6.07, 6.45) is 0. The van der Waals surface area contributed by atoms with Crippen molar-refractivity contribution in [3.63, 3.8) is 0 Å². The molecule has 2 rings (SSSR count). The average molecular weight is 276 g/mol. The molecular weight excluding hydrogens is 258 g/mol. The van der Waals surface area contributed by atoms with Gasteiger partial charge in [0.05, 0.1) is 0 Å². The fourth-order valence-electron chi connectivity index (χ4n) is 1.87. The van der Waals surface area contributed by atoms with Crippen LogP contribution in [0.1, 0.15) is 11.6 Å². The predicted molar refractivity (Wildman–Crippen MR) is 79.8 cm³/mol. The van der Waals surface area contributed by atoms with Gasteiger partial charge in [0.15, 0.2) is 0 Å². The number of benzene rings is 2. The van der Waals surface area contributed by atoms with Gasteiger partial charge in [0.25, 0.3) is 0 Å². The summed E-state index contributed by atoms with van der Waals surface area (Å²) in [7, 11) is 0. The van der Waals surface area contributed by atoms with Crippen LogP contribution >= 0.6 is 11.6 Å². The minimum atomic E-state index is 0.169. The van der Waals surface area contributed by atoms with E-state index in [-0.39, 0.29) is 6.04 Å². The molecule has 1 N–H and O–H groups in total. The Kier molecular flexibility index (Phi) is 5.73. The maximum atomic E-state index is 5.99. The molecule has 0 saturated carbocycles. The zero-order chi connectivity index (χ0) is 13.3. The Morgan fingerprint density at radius 1 is 0.947 bits per heavy atom. The van der Waals surface area contributed by atoms with Crippen LogP contribution in [0.3, 0.4) is 0 Å². The number of halogens is 1. The molecule has 2 aromatic carbocycles. The molecule has 0 amide bonds. The summed E-state index contributed by atoms with van der Waals surface area (Å²) in [5.41, 5.74) is 1.21. The molecule has 0 fully saturated rings. The quantitative estimate of drug-likeness (QED) is 0.615. The van der Waals surface area contributed by atoms with Crippen molar-refractivity contribution in [2.45, 2.75) is 6.04 Å². The minimum Gasteiger partial charge on any atom is -0.492 e. The van der Waals surface area contributed by atoms with E-state index in [2.05, 4.69) is 17.4 Å². The third-order valence-electron chi connectivity index (χ3n) is 2.86. The van der Waals surface area contributed by atoms with Crippen LogP contribution in [0.5, 0.6) is 5.75 Å². The van der Waals surface area contributed by atoms with Gasteiger partial charge >= 0.3 is 0 Å². The van der Waals surface area contributed by atoms with Gasteiger partial charge in [0.2, 0.25) is 0 Å². The summed E-state index contributed by atoms with van der Waals surface area (Å²) in [4.78, 5) is 0. The first-order valence-corrected chi connectivity index (χ1v) is 6.96. The molecule has 100 valence electrons. The summed E-state index contributed by atoms with van der Waals surface area (Å²) in [5, 5.41) is 3.40. The molecule has 0 spiro atoms. The third-order valence-corrected chi connectivity index (χ3v) is 3.17. The third kappa shape index (κ3) is 4.58. The average Bonchev–Trinajstić information content (AvgIpc) is 2.49. The van der Waals surface area contributed by atoms with Gasteiger partial charge < -0.3 is 10.1 Å². The maximum Gasteiger partial charge on any atom is 0.119 e. The maximum absolute atomic E-state index is 5.99. The van der Waals surface area contributed by atoms with Gasteiger partial charge in [-0.2, -0.15) is 0 Å². The monoisotopic (exact) mass is 275 g/mol. The molecule has 0 saturated heterocycles. The van der Waals surface area contributed by atoms with E-state index in [4.69, 9.17) is 16.3 Å². The highest BCUT2D eigenvalue weighted by atomic mass is 35.5. The van der Waals surface area contributed by atoms with Crippen molar-refractivity contribution in [3.05, 3.63) is 66.2 Å². The van der Waals surface area contributed by atoms with Crippen molar-refractivity contribution in [3.8, 4) is 5.75 Å². The molecule has 2 aromatic rings. The van der Waals surface area contributed by atoms with E-state index in [0.29, 0.717) is 12.5 Å². The first-order valence-electron chi connectivity index (χ1n) is 6.42. The molecule has 0 aliphatic rings. The second-order valence-electron chi connectivity index (χ2n) is 4.23. The van der Waals surface area contributed by atoms with Gasteiger partial charge in [-0.3, -0.25) is 0 Å². The normalized spacial score (nSPS) is 12.1. The lowest BCUT2D eigenvalue weighted by Crippen LogP contribution is -2.27. The number of alkyl halides is 1. The van der Waals surface area contributed by atoms with E-state index in [0.717, 1.165) is 12.3 Å². The van der Waals surface area contributed by atoms with Crippen LogP contribution in [0, 0.1) is 0 Å². The van der Waals surface area contributed by atoms with Gasteiger partial charge in [0, 0.05) is 18.5 Å². The Morgan fingerprint density at radius 3 is 2.21 bits per heavy atom. The molecule has 19 heavy (non-hydrogen) atoms. The molecule has 0 radical (unpaired) electrons. The molecule has 1 atom stereocenters. The van der Waals surface area contributed by atoms with E-state index in [9.17, 15) is 0 Å². The summed E-state index contributed by atoms with van der Waals surface area (Å²) in [6, 6.07) is 20.2. The lowest BCUT2D eigenvalue weighted by Gasteiger charge is -2.16. The van der Waals surface area contributed by atoms with Crippen molar-refractivity contribution in [1.82, 2.24) is 5.32 Å². The standard InChI is InChI=1S/C16H18ClNO/c17-13-16(14-7-3-1-4-8-14)18-11-12-19-15-9-5-2-6-10-15/h1-10,16,18H,11-13H2. The van der Waals surface area contributed by atoms with Crippen LogP contribution in [-0.2, 0) is 0 Å². The molecular formula is C16H18ClNO. The Labute approximate surface area is 119 Å². The van der Waals surface area contributed by atoms with Gasteiger partial charge in [-0.1, -0.05) is 48.5 Å². The molecule has 0 aromatic heterocycles. The zero-order valence-corrected chi connectivity index (χ0v) is 11.5. The molecule has 3 heteroatoms. The van der Waals surface area contributed by atoms with Gasteiger partial charge in [-0.05, 0) is 17.7 Å². The van der Waals surface area contributed by atoms with Crippen molar-refractivity contribution in [2.75, 3.05) is 19.0 Å². The minimum absolute atomic E-state index is 0.169. The Morgan fingerprint density at radius 2 is 1.58 bits per heavy atom. The number of hydrogen-bond acceptors (Lipinski definition) is 2. The first-order chi connectivity index (χ1) is 9.40. The lowest BCUT2D eigenvalue weighted by molar-refractivity contribution is 0.308. The van der Waals surface area contributed by atoms with E-state index < -0.39 is 0 Å². The van der Waals surface area contributed by atoms with Crippen LogP contribution in [0.25, 0.3) is 0 Å². The summed E-state index contributed by atoms with van der Waals surface area (Å²) < 4.78 is 5.63. The molecule has 0 aliphatic carbocycles. The van der Waals surface area contributed by atoms with E-state index in [1.54, 1.807) is 0 Å². The van der Waals surface area contributed by atoms with E-state index in [1.807, 2.05) is 48.5 Å². The first kappa shape index (κ1) is 13.9. The highest BCUT2D eigenvalue weighted by molar-refractivity contribution is 6.18. The lowest BCUT2D eigenvalue weighted by atomic mass is 10.1. The predicted octanol–water partition coefficient (Wildman–Crippen LogP) is 3.64. The van der Waals surface area contributed by atoms with Crippen LogP contribution in [0.15, 0.2) is 60.7 Å². The Balaban J connectivity index is 1.75. The van der Waals surface area contributed by atoms with Crippen LogP contribution in [0.4, 0.5) is 0 Å². The largest absolute Gasteiger partial charge is 0.492 e. The highest BCUT2D eigenvalue weighted by Crippen LogP contribution is 2.13. The molecule has 0 aliphatic heterocycles. The van der Waals surface area contributed by atoms with Crippen LogP contribution in [-0.4, -0.2) is 19.0 Å². The second-order valence-corrected chi connectivity index (χ2v) is 4.54. The second kappa shape index (κ2) is 7.82. The van der Waals surface area contributed by atoms with Crippen LogP contribution < -0.4 is 10.1 Å². The van der Waals surface area contributed by atoms with E-state index in [1.165, 1.54) is 5.56 Å². The number of para-hydroxylation sites is 1. The molecule has 2 nitrogen and oxygen atoms in total. The van der Waals surface area contributed by atoms with Crippen molar-refractivity contribution < 1.29 is 4.74 Å². The van der Waals surface area contributed by atoms with E-state index >= 15 is 0 Å². The van der Waals surface area contributed by atoms with Crippen LogP contribution in [0.2, 0.25) is 0 Å². The van der Waals surface area contributed by atoms with Gasteiger partial charge in [-0.15, -0.1) is 11.6 Å². The topological polar surface area (TPSA) is 21.3 Å². The summed E-state index contributed by atoms with van der Waals surface area (Å²) in [5.74, 6) is 1.45. The molecule has 1 unspecified atom stereocenters. The fraction of sp³-hybridized carbons (Fsp3) is 0.250. The number of ether oxygens (including phenoxy) is 1. The number of nitrogens with one attached hydrogen (secondary N) is 1. The summed E-state index contributed by atoms with van der Waals surface area (Å²) >= 11 is 5.99. The fourth-order valence-corrected chi connectivity index (χ4v) is 2.15. The Bertz CT molecular complexity index is 461. The number of hydrogen-bond donors (Lipinski definition) is 1. The molecule has 0 heterocycles. The van der Waals surface area contributed by atoms with Crippen molar-refractivity contribution in [1.29, 1.82) is 0 Å². The Hall–Kier alpha value is -1.51. The number of rotatable bonds is 7. The smallest absolute Gasteiger partial charge is 0.119 e. The van der Waals surface area contributed by atoms with Crippen molar-refractivity contribution in [2.24, 2.45) is 0 Å². The van der Waals surface area contributed by atoms with Gasteiger partial charge in [0.1, 0.15) is 12.4 Å². The van der Waals surface area contributed by atoms with Gasteiger partial charge in [-0.25, -0.2) is 0 Å². The van der Waals surface area contributed by atoms with Crippen molar-refractivity contribution >= 4 is 11.6 Å². The summed E-state index contributed by atoms with van der Waals surface area (Å²) in [6.45, 7) is 1.39.